The summed E-state index contributed by atoms with van der Waals surface area (Å²) in [5.74, 6) is 0.886. The van der Waals surface area contributed by atoms with Gasteiger partial charge in [-0.1, -0.05) is 0 Å². The second kappa shape index (κ2) is 10.8. The van der Waals surface area contributed by atoms with E-state index in [0.717, 1.165) is 24.1 Å². The third-order valence-electron chi connectivity index (χ3n) is 7.93. The zero-order chi connectivity index (χ0) is 27.1. The molecule has 0 bridgehead atoms. The number of fused-ring (bicyclic) bond motifs is 1. The van der Waals surface area contributed by atoms with Crippen LogP contribution < -0.4 is 10.2 Å². The van der Waals surface area contributed by atoms with Gasteiger partial charge in [0.1, 0.15) is 16.3 Å². The lowest BCUT2D eigenvalue weighted by molar-refractivity contribution is -0.163. The monoisotopic (exact) mass is 559 g/mol. The number of hydrogen-bond donors (Lipinski definition) is 1. The predicted molar refractivity (Wildman–Crippen MR) is 141 cm³/mol. The lowest BCUT2D eigenvalue weighted by atomic mass is 10.0. The van der Waals surface area contributed by atoms with Crippen molar-refractivity contribution in [3.05, 3.63) is 29.5 Å². The minimum atomic E-state index is -2.85. The Hall–Kier alpha value is -3.19. The van der Waals surface area contributed by atoms with Crippen molar-refractivity contribution < 1.29 is 23.1 Å². The van der Waals surface area contributed by atoms with Crippen LogP contribution in [-0.2, 0) is 9.53 Å². The van der Waals surface area contributed by atoms with E-state index in [1.807, 2.05) is 16.5 Å². The van der Waals surface area contributed by atoms with Crippen molar-refractivity contribution in [1.82, 2.24) is 29.8 Å². The number of anilines is 1. The molecule has 3 aliphatic rings. The first kappa shape index (κ1) is 26.1. The number of rotatable bonds is 8. The number of carbonyl (C=O) groups is 2. The van der Waals surface area contributed by atoms with Gasteiger partial charge in [-0.25, -0.2) is 14.5 Å². The van der Waals surface area contributed by atoms with Crippen molar-refractivity contribution in [3.8, 4) is 11.4 Å². The molecule has 1 N–H and O–H groups in total. The van der Waals surface area contributed by atoms with Crippen LogP contribution in [0.25, 0.3) is 16.2 Å². The van der Waals surface area contributed by atoms with E-state index in [-0.39, 0.29) is 35.5 Å². The Kier molecular flexibility index (Phi) is 7.19. The average molecular weight is 560 g/mol. The molecule has 208 valence electrons. The first-order valence-corrected chi connectivity index (χ1v) is 14.3. The smallest absolute Gasteiger partial charge is 0.345 e. The Bertz CT molecular complexity index is 1350. The van der Waals surface area contributed by atoms with E-state index in [0.29, 0.717) is 56.0 Å². The van der Waals surface area contributed by atoms with Crippen molar-refractivity contribution in [2.45, 2.75) is 69.7 Å². The van der Waals surface area contributed by atoms with Crippen molar-refractivity contribution >= 4 is 33.8 Å². The summed E-state index contributed by atoms with van der Waals surface area (Å²) in [6, 6.07) is 1.41. The van der Waals surface area contributed by atoms with E-state index < -0.39 is 12.7 Å². The van der Waals surface area contributed by atoms with Crippen LogP contribution >= 0.6 is 11.3 Å². The summed E-state index contributed by atoms with van der Waals surface area (Å²) in [5, 5.41) is 9.39. The molecule has 2 aliphatic carbocycles. The van der Waals surface area contributed by atoms with Gasteiger partial charge in [-0.3, -0.25) is 9.59 Å². The third kappa shape index (κ3) is 5.46. The van der Waals surface area contributed by atoms with Gasteiger partial charge in [0.05, 0.1) is 23.9 Å². The zero-order valence-corrected chi connectivity index (χ0v) is 22.4. The number of nitrogens with zero attached hydrogens (tertiary/aromatic N) is 6. The number of alkyl halides is 2. The van der Waals surface area contributed by atoms with Crippen LogP contribution in [0.5, 0.6) is 0 Å². The standard InChI is InChI=1S/C26H31F2N7O3S/c1-33(19-3-2-4-20(19)38-26(27)28)21-13-18(31-22(32-21)17-14-29-35-11-12-39-25(17)35)24(37)34-9-7-16(8-10-34)30-23(36)15-5-6-15/h11-16,19-20,26H,2-10H2,1H3,(H,30,36)/t19-,20-/m0/s1. The Balaban J connectivity index is 1.26. The summed E-state index contributed by atoms with van der Waals surface area (Å²) in [6.45, 7) is -1.83. The number of carbonyl (C=O) groups excluding carboxylic acids is 2. The second-order valence-corrected chi connectivity index (χ2v) is 11.4. The van der Waals surface area contributed by atoms with E-state index in [4.69, 9.17) is 9.72 Å². The fraction of sp³-hybridized carbons (Fsp3) is 0.577. The molecule has 4 heterocycles. The van der Waals surface area contributed by atoms with Gasteiger partial charge in [0.25, 0.3) is 5.91 Å². The molecule has 3 fully saturated rings. The molecule has 0 unspecified atom stereocenters. The number of ether oxygens (including phenoxy) is 1. The molecule has 39 heavy (non-hydrogen) atoms. The molecular weight excluding hydrogens is 528 g/mol. The number of halogens is 2. The molecule has 2 saturated carbocycles. The van der Waals surface area contributed by atoms with Crippen LogP contribution in [0.15, 0.2) is 23.8 Å². The molecule has 2 atom stereocenters. The Morgan fingerprint density at radius 3 is 2.69 bits per heavy atom. The fourth-order valence-corrected chi connectivity index (χ4v) is 6.38. The number of likely N-dealkylation sites (N-methyl/N-ethyl adjacent to an activating group) is 1. The number of hydrogen-bond acceptors (Lipinski definition) is 8. The van der Waals surface area contributed by atoms with Crippen LogP contribution in [0, 0.1) is 5.92 Å². The maximum atomic E-state index is 13.7. The molecule has 10 nitrogen and oxygen atoms in total. The number of amides is 2. The number of aromatic nitrogens is 4. The van der Waals surface area contributed by atoms with E-state index in [9.17, 15) is 18.4 Å². The van der Waals surface area contributed by atoms with Crippen LogP contribution in [0.4, 0.5) is 14.6 Å². The van der Waals surface area contributed by atoms with E-state index >= 15 is 0 Å². The highest BCUT2D eigenvalue weighted by molar-refractivity contribution is 7.16. The van der Waals surface area contributed by atoms with E-state index in [1.165, 1.54) is 11.3 Å². The Morgan fingerprint density at radius 1 is 1.15 bits per heavy atom. The van der Waals surface area contributed by atoms with Gasteiger partial charge in [-0.15, -0.1) is 11.3 Å². The molecule has 2 amide bonds. The third-order valence-corrected chi connectivity index (χ3v) is 8.82. The quantitative estimate of drug-likeness (QED) is 0.450. The highest BCUT2D eigenvalue weighted by Gasteiger charge is 2.36. The molecule has 1 saturated heterocycles. The van der Waals surface area contributed by atoms with E-state index in [1.54, 1.807) is 28.7 Å². The van der Waals surface area contributed by atoms with Gasteiger partial charge in [0.2, 0.25) is 5.91 Å². The summed E-state index contributed by atoms with van der Waals surface area (Å²) in [6.07, 6.45) is 8.15. The zero-order valence-electron chi connectivity index (χ0n) is 21.6. The predicted octanol–water partition coefficient (Wildman–Crippen LogP) is 3.58. The largest absolute Gasteiger partial charge is 0.354 e. The Labute approximate surface area is 228 Å². The van der Waals surface area contributed by atoms with Crippen LogP contribution in [0.1, 0.15) is 55.4 Å². The highest BCUT2D eigenvalue weighted by atomic mass is 32.1. The maximum Gasteiger partial charge on any atom is 0.345 e. The van der Waals surface area contributed by atoms with Crippen molar-refractivity contribution in [2.75, 3.05) is 25.0 Å². The number of thiazole rings is 1. The molecule has 3 aromatic rings. The van der Waals surface area contributed by atoms with Gasteiger partial charge in [-0.05, 0) is 44.9 Å². The van der Waals surface area contributed by atoms with Gasteiger partial charge in [-0.2, -0.15) is 13.9 Å². The molecule has 3 aromatic heterocycles. The molecule has 0 radical (unpaired) electrons. The van der Waals surface area contributed by atoms with Crippen LogP contribution in [0.3, 0.4) is 0 Å². The number of nitrogens with one attached hydrogen (secondary N) is 1. The molecule has 0 aromatic carbocycles. The van der Waals surface area contributed by atoms with Gasteiger partial charge in [0, 0.05) is 49.7 Å². The minimum absolute atomic E-state index is 0.0680. The van der Waals surface area contributed by atoms with Crippen molar-refractivity contribution in [2.24, 2.45) is 5.92 Å². The highest BCUT2D eigenvalue weighted by Crippen LogP contribution is 2.33. The maximum absolute atomic E-state index is 13.7. The lowest BCUT2D eigenvalue weighted by Gasteiger charge is -2.33. The van der Waals surface area contributed by atoms with Crippen LogP contribution in [0.2, 0.25) is 0 Å². The first-order chi connectivity index (χ1) is 18.9. The summed E-state index contributed by atoms with van der Waals surface area (Å²) < 4.78 is 32.8. The SMILES string of the molecule is CN(c1cc(C(=O)N2CCC(NC(=O)C3CC3)CC2)nc(-c2cnn3ccsc23)n1)[C@H]1CCC[C@@H]1OC(F)F. The minimum Gasteiger partial charge on any atom is -0.354 e. The van der Waals surface area contributed by atoms with Gasteiger partial charge < -0.3 is 19.9 Å². The summed E-state index contributed by atoms with van der Waals surface area (Å²) in [4.78, 5) is 39.7. The van der Waals surface area contributed by atoms with Gasteiger partial charge in [0.15, 0.2) is 5.82 Å². The molecular formula is C26H31F2N7O3S. The molecule has 0 spiro atoms. The normalized spacial score (nSPS) is 22.1. The molecule has 6 rings (SSSR count). The first-order valence-electron chi connectivity index (χ1n) is 13.4. The molecule has 13 heteroatoms. The fourth-order valence-electron chi connectivity index (χ4n) is 5.59. The van der Waals surface area contributed by atoms with Gasteiger partial charge >= 0.3 is 6.61 Å². The van der Waals surface area contributed by atoms with Crippen molar-refractivity contribution in [3.63, 3.8) is 0 Å². The topological polar surface area (TPSA) is 105 Å². The summed E-state index contributed by atoms with van der Waals surface area (Å²) in [7, 11) is 1.80. The number of piperidine rings is 1. The molecule has 1 aliphatic heterocycles. The van der Waals surface area contributed by atoms with E-state index in [2.05, 4.69) is 15.4 Å². The Morgan fingerprint density at radius 2 is 1.95 bits per heavy atom. The summed E-state index contributed by atoms with van der Waals surface area (Å²) >= 11 is 1.49. The lowest BCUT2D eigenvalue weighted by Crippen LogP contribution is -2.47. The average Bonchev–Trinajstić information content (AvgIpc) is 3.30. The number of likely N-dealkylation sites (tertiary alicyclic amines) is 1. The summed E-state index contributed by atoms with van der Waals surface area (Å²) in [5.41, 5.74) is 0.935. The van der Waals surface area contributed by atoms with Crippen molar-refractivity contribution in [1.29, 1.82) is 0 Å². The van der Waals surface area contributed by atoms with Crippen LogP contribution in [-0.4, -0.2) is 81.2 Å². The second-order valence-electron chi connectivity index (χ2n) is 10.5.